The van der Waals surface area contributed by atoms with Gasteiger partial charge in [-0.2, -0.15) is 13.2 Å². The zero-order valence-electron chi connectivity index (χ0n) is 67.4. The second-order valence-corrected chi connectivity index (χ2v) is 34.0. The Hall–Kier alpha value is -6.62. The third-order valence-electron chi connectivity index (χ3n) is 24.9. The Morgan fingerprint density at radius 2 is 1.31 bits per heavy atom. The lowest BCUT2D eigenvalue weighted by Gasteiger charge is -2.54. The Balaban J connectivity index is 1.33. The third kappa shape index (κ3) is 20.9. The van der Waals surface area contributed by atoms with Crippen molar-refractivity contribution in [1.29, 1.82) is 0 Å². The summed E-state index contributed by atoms with van der Waals surface area (Å²) >= 11 is 7.16. The highest BCUT2D eigenvalue weighted by atomic mass is 35.5. The number of carbonyl (C=O) groups excluding carboxylic acids is 12. The summed E-state index contributed by atoms with van der Waals surface area (Å²) in [6, 6.07) is -10.2. The number of nitrogens with zero attached hydrogens (tertiary/aromatic N) is 10. The van der Waals surface area contributed by atoms with Gasteiger partial charge in [-0.05, 0) is 152 Å². The van der Waals surface area contributed by atoms with E-state index >= 15 is 33.6 Å². The average molecular weight is 1550 g/mol. The van der Waals surface area contributed by atoms with Crippen molar-refractivity contribution in [1.82, 2.24) is 64.9 Å². The van der Waals surface area contributed by atoms with Crippen LogP contribution in [0, 0.1) is 40.9 Å². The first-order valence-corrected chi connectivity index (χ1v) is 40.1. The zero-order chi connectivity index (χ0) is 80.4. The maximum Gasteiger partial charge on any atom is 0.391 e. The summed E-state index contributed by atoms with van der Waals surface area (Å²) in [6.07, 6.45) is 2.53. The van der Waals surface area contributed by atoms with Gasteiger partial charge < -0.3 is 69.7 Å². The fourth-order valence-corrected chi connectivity index (χ4v) is 19.2. The summed E-state index contributed by atoms with van der Waals surface area (Å²) < 4.78 is 48.7. The van der Waals surface area contributed by atoms with Gasteiger partial charge in [0.1, 0.15) is 53.9 Å². The van der Waals surface area contributed by atoms with Crippen molar-refractivity contribution in [2.24, 2.45) is 40.9 Å². The minimum absolute atomic E-state index is 0.00302. The number of halogens is 4. The largest absolute Gasteiger partial charge is 0.391 e. The second-order valence-electron chi connectivity index (χ2n) is 33.4. The van der Waals surface area contributed by atoms with Crippen LogP contribution in [-0.2, 0) is 62.3 Å². The maximum absolute atomic E-state index is 15.8. The second kappa shape index (κ2) is 38.1. The van der Waals surface area contributed by atoms with E-state index in [1.807, 2.05) is 34.6 Å². The van der Waals surface area contributed by atoms with Gasteiger partial charge in [0.15, 0.2) is 0 Å². The minimum atomic E-state index is -4.44. The molecule has 0 aromatic carbocycles. The van der Waals surface area contributed by atoms with Crippen LogP contribution in [0.15, 0.2) is 12.2 Å². The standard InChI is InChI=1S/C78H127ClF3N13O13/c1-18-26-56-67(99)84-64(47(6)19-2)73(105)89(13)44-63(98)91(15)57-27-24-23-25-35-94(72(57)104)60(39-48-28-31-52(32-29-48)78(80,81)82)71(103)88(12)43-61(96)83-55(33-30-49-37-51-34-36-87(11)65(51)54(79)38-49)69(101)95-42-53(108-22-5)40-58(95)68(100)85-77(45-76(7,8)46-77)75(107)93(17)66(50(20-3)21-4)74(106)92(16)59(70(102)86(9)10)41-62(97)90(56)14/h23-24,47-60,64-66H,18-22,25-46H2,1-17H3,(H,83,96)(H,84,99)(H,85,100)/b24-23-/t47-,48?,49?,51?,52?,53+,54?,55-,56-,57-,58-,59-,60-,64-,65?,66-/m0/s1. The first kappa shape index (κ1) is 88.6. The van der Waals surface area contributed by atoms with Crippen LogP contribution in [0.25, 0.3) is 0 Å². The van der Waals surface area contributed by atoms with E-state index in [1.165, 1.54) is 90.7 Å². The number of rotatable bonds is 15. The molecule has 2 bridgehead atoms. The smallest absolute Gasteiger partial charge is 0.377 e. The van der Waals surface area contributed by atoms with Crippen molar-refractivity contribution >= 4 is 82.5 Å². The van der Waals surface area contributed by atoms with E-state index in [0.717, 1.165) is 29.2 Å². The van der Waals surface area contributed by atoms with Gasteiger partial charge in [-0.15, -0.1) is 11.6 Å². The number of hydrogen-bond donors (Lipinski definition) is 3. The summed E-state index contributed by atoms with van der Waals surface area (Å²) in [5.41, 5.74) is -2.15. The molecule has 4 aliphatic heterocycles. The molecule has 30 heteroatoms. The average Bonchev–Trinajstić information content (AvgIpc) is 0.840. The number of likely N-dealkylation sites (N-methyl/N-ethyl adjacent to an activating group) is 7. The Morgan fingerprint density at radius 1 is 0.667 bits per heavy atom. The quantitative estimate of drug-likeness (QED) is 0.124. The van der Waals surface area contributed by atoms with Crippen molar-refractivity contribution < 1.29 is 75.4 Å². The van der Waals surface area contributed by atoms with E-state index in [2.05, 4.69) is 27.9 Å². The van der Waals surface area contributed by atoms with Crippen molar-refractivity contribution in [3.05, 3.63) is 12.2 Å². The molecule has 1 spiro atoms. The number of likely N-dealkylation sites (tertiary alicyclic amines) is 1. The van der Waals surface area contributed by atoms with Gasteiger partial charge in [0.25, 0.3) is 0 Å². The number of amides is 12. The molecule has 7 aliphatic rings. The third-order valence-corrected chi connectivity index (χ3v) is 25.3. The molecule has 108 heavy (non-hydrogen) atoms. The fraction of sp³-hybridized carbons (Fsp3) is 0.821. The molecule has 14 atom stereocenters. The Labute approximate surface area is 643 Å². The van der Waals surface area contributed by atoms with Crippen LogP contribution in [-0.4, -0.2) is 300 Å². The summed E-state index contributed by atoms with van der Waals surface area (Å²) in [7, 11) is 13.5. The van der Waals surface area contributed by atoms with Gasteiger partial charge in [0, 0.05) is 93.9 Å². The van der Waals surface area contributed by atoms with E-state index < -0.39 is 186 Å². The molecule has 3 saturated heterocycles. The fourth-order valence-electron chi connectivity index (χ4n) is 18.5. The van der Waals surface area contributed by atoms with Crippen molar-refractivity contribution in [2.45, 2.75) is 268 Å². The predicted molar refractivity (Wildman–Crippen MR) is 403 cm³/mol. The number of ether oxygens (including phenoxy) is 1. The molecule has 3 N–H and O–H groups in total. The van der Waals surface area contributed by atoms with Gasteiger partial charge >= 0.3 is 6.18 Å². The molecule has 610 valence electrons. The van der Waals surface area contributed by atoms with E-state index in [9.17, 15) is 37.1 Å². The molecule has 7 rings (SSSR count). The number of fused-ring (bicyclic) bond motifs is 4. The lowest BCUT2D eigenvalue weighted by Crippen LogP contribution is -2.71. The zero-order valence-corrected chi connectivity index (χ0v) is 68.1. The number of nitrogens with one attached hydrogen (secondary N) is 3. The Kier molecular flexibility index (Phi) is 31.2. The van der Waals surface area contributed by atoms with Crippen LogP contribution < -0.4 is 16.0 Å². The van der Waals surface area contributed by atoms with Crippen LogP contribution >= 0.6 is 11.6 Å². The molecule has 3 aliphatic carbocycles. The predicted octanol–water partition coefficient (Wildman–Crippen LogP) is 6.06. The number of alkyl halides is 4. The molecule has 26 nitrogen and oxygen atoms in total. The topological polar surface area (TPSA) is 283 Å². The molecule has 0 aromatic heterocycles. The van der Waals surface area contributed by atoms with Crippen molar-refractivity contribution in [2.75, 3.05) is 103 Å². The first-order chi connectivity index (χ1) is 50.7. The van der Waals surface area contributed by atoms with Crippen LogP contribution in [0.3, 0.4) is 0 Å². The number of carbonyl (C=O) groups is 12. The van der Waals surface area contributed by atoms with E-state index in [4.69, 9.17) is 16.3 Å². The molecular formula is C78H127ClF3N13O13. The highest BCUT2D eigenvalue weighted by Gasteiger charge is 2.59. The van der Waals surface area contributed by atoms with Crippen LogP contribution in [0.1, 0.15) is 190 Å². The van der Waals surface area contributed by atoms with Crippen LogP contribution in [0.4, 0.5) is 13.2 Å². The highest BCUT2D eigenvalue weighted by molar-refractivity contribution is 6.21. The number of hydrogen-bond acceptors (Lipinski definition) is 14. The van der Waals surface area contributed by atoms with Gasteiger partial charge in [0.05, 0.1) is 31.5 Å². The van der Waals surface area contributed by atoms with Gasteiger partial charge in [0.2, 0.25) is 70.9 Å². The molecule has 4 unspecified atom stereocenters. The monoisotopic (exact) mass is 1550 g/mol. The molecule has 3 saturated carbocycles. The van der Waals surface area contributed by atoms with E-state index in [1.54, 1.807) is 32.9 Å². The lowest BCUT2D eigenvalue weighted by atomic mass is 9.58. The summed E-state index contributed by atoms with van der Waals surface area (Å²) in [4.78, 5) is 196. The van der Waals surface area contributed by atoms with Gasteiger partial charge in [-0.1, -0.05) is 86.3 Å². The van der Waals surface area contributed by atoms with Crippen molar-refractivity contribution in [3.8, 4) is 0 Å². The van der Waals surface area contributed by atoms with Gasteiger partial charge in [-0.3, -0.25) is 57.5 Å². The molecule has 0 radical (unpaired) electrons. The normalized spacial score (nSPS) is 32.1. The van der Waals surface area contributed by atoms with Crippen LogP contribution in [0.5, 0.6) is 0 Å². The molecule has 0 aromatic rings. The van der Waals surface area contributed by atoms with Crippen LogP contribution in [0.2, 0.25) is 0 Å². The summed E-state index contributed by atoms with van der Waals surface area (Å²) in [5.74, 6) is -10.8. The Bertz CT molecular complexity index is 3230. The van der Waals surface area contributed by atoms with Gasteiger partial charge in [-0.25, -0.2) is 0 Å². The maximum atomic E-state index is 15.8. The van der Waals surface area contributed by atoms with E-state index in [-0.39, 0.29) is 114 Å². The van der Waals surface area contributed by atoms with Crippen molar-refractivity contribution in [3.63, 3.8) is 0 Å². The SMILES string of the molecule is CCC[C@H]1C(=O)N[C@@H]([C@@H](C)CC)C(=O)N(C)CC(=O)N(C)[C@H]2C/C=C\CCN(C2=O)[C@@H](CC2CCC(C(F)(F)F)CC2)C(=O)N(C)CC(=O)N[C@@H](CCC2CC(Cl)C3C(CCN3C)C2)C(=O)N2C[C@H](OCC)C[C@H]2C(=O)NC2(CC(C)(C)C2)C(=O)N(C)[C@@H](C(CC)CC)C(=O)N(C)[C@H](C(=O)N(C)C)CC(=O)N1C. The summed E-state index contributed by atoms with van der Waals surface area (Å²) in [6.45, 7) is 14.5. The van der Waals surface area contributed by atoms with E-state index in [0.29, 0.717) is 44.4 Å². The molecule has 6 fully saturated rings. The highest BCUT2D eigenvalue weighted by Crippen LogP contribution is 2.50. The minimum Gasteiger partial charge on any atom is -0.377 e. The molecular weight excluding hydrogens is 1420 g/mol. The first-order valence-electron chi connectivity index (χ1n) is 39.7. The lowest BCUT2D eigenvalue weighted by molar-refractivity contribution is -0.184. The summed E-state index contributed by atoms with van der Waals surface area (Å²) in [5, 5.41) is 8.79. The molecule has 4 heterocycles. The molecule has 12 amide bonds. The Morgan fingerprint density at radius 3 is 1.91 bits per heavy atom.